The van der Waals surface area contributed by atoms with Gasteiger partial charge in [0, 0.05) is 18.6 Å². The van der Waals surface area contributed by atoms with Gasteiger partial charge in [-0.2, -0.15) is 5.10 Å². The van der Waals surface area contributed by atoms with Crippen molar-refractivity contribution in [2.24, 2.45) is 0 Å². The molecule has 1 saturated carbocycles. The Labute approximate surface area is 126 Å². The van der Waals surface area contributed by atoms with E-state index in [1.54, 1.807) is 52.3 Å². The van der Waals surface area contributed by atoms with Crippen LogP contribution in [0.2, 0.25) is 0 Å². The normalized spacial score (nSPS) is 24.1. The van der Waals surface area contributed by atoms with Crippen molar-refractivity contribution in [2.75, 3.05) is 0 Å². The number of aliphatic hydroxyl groups is 1. The molecule has 3 heterocycles. The molecule has 0 radical (unpaired) electrons. The number of carbonyl (C=O) groups excluding carboxylic acids is 1. The number of nitrogens with one attached hydrogen (secondary N) is 1. The first kappa shape index (κ1) is 13.0. The van der Waals surface area contributed by atoms with E-state index >= 15 is 0 Å². The zero-order valence-electron chi connectivity index (χ0n) is 11.7. The van der Waals surface area contributed by atoms with E-state index in [9.17, 15) is 9.90 Å². The van der Waals surface area contributed by atoms with Gasteiger partial charge in [-0.1, -0.05) is 0 Å². The van der Waals surface area contributed by atoms with Crippen LogP contribution in [0.4, 0.5) is 0 Å². The highest BCUT2D eigenvalue weighted by Gasteiger charge is 2.42. The Morgan fingerprint density at radius 2 is 2.32 bits per heavy atom. The molecular formula is C15H15N5O2. The van der Waals surface area contributed by atoms with Gasteiger partial charge >= 0.3 is 0 Å². The summed E-state index contributed by atoms with van der Waals surface area (Å²) in [5, 5.41) is 17.0. The number of amides is 1. The first-order valence-electron chi connectivity index (χ1n) is 7.12. The summed E-state index contributed by atoms with van der Waals surface area (Å²) >= 11 is 0. The molecule has 0 saturated heterocycles. The lowest BCUT2D eigenvalue weighted by molar-refractivity contribution is -0.00588. The molecule has 7 heteroatoms. The second kappa shape index (κ2) is 4.96. The largest absolute Gasteiger partial charge is 0.391 e. The Morgan fingerprint density at radius 1 is 1.41 bits per heavy atom. The van der Waals surface area contributed by atoms with Gasteiger partial charge in [-0.3, -0.25) is 9.48 Å². The second-order valence-electron chi connectivity index (χ2n) is 5.50. The fourth-order valence-electron chi connectivity index (χ4n) is 2.88. The van der Waals surface area contributed by atoms with E-state index in [1.165, 1.54) is 0 Å². The average molecular weight is 297 g/mol. The smallest absolute Gasteiger partial charge is 0.253 e. The molecule has 22 heavy (non-hydrogen) atoms. The van der Waals surface area contributed by atoms with E-state index in [4.69, 9.17) is 0 Å². The van der Waals surface area contributed by atoms with Gasteiger partial charge in [-0.25, -0.2) is 4.98 Å². The van der Waals surface area contributed by atoms with Crippen molar-refractivity contribution >= 4 is 11.4 Å². The molecule has 0 unspecified atom stereocenters. The summed E-state index contributed by atoms with van der Waals surface area (Å²) in [4.78, 5) is 16.4. The molecule has 3 aromatic rings. The maximum atomic E-state index is 12.4. The number of hydrogen-bond acceptors (Lipinski definition) is 4. The molecule has 4 rings (SSSR count). The monoisotopic (exact) mass is 297 g/mol. The number of aliphatic hydroxyl groups excluding tert-OH is 1. The van der Waals surface area contributed by atoms with Gasteiger partial charge in [0.05, 0.1) is 41.8 Å². The summed E-state index contributed by atoms with van der Waals surface area (Å²) in [5.41, 5.74) is 1.50. The Balaban J connectivity index is 1.52. The van der Waals surface area contributed by atoms with E-state index < -0.39 is 6.10 Å². The van der Waals surface area contributed by atoms with Gasteiger partial charge in [-0.05, 0) is 24.6 Å². The summed E-state index contributed by atoms with van der Waals surface area (Å²) in [6.07, 6.45) is 8.64. The van der Waals surface area contributed by atoms with Crippen LogP contribution < -0.4 is 5.32 Å². The molecule has 7 nitrogen and oxygen atoms in total. The second-order valence-corrected chi connectivity index (χ2v) is 5.50. The zero-order valence-corrected chi connectivity index (χ0v) is 11.7. The van der Waals surface area contributed by atoms with Crippen LogP contribution in [-0.4, -0.2) is 42.3 Å². The van der Waals surface area contributed by atoms with Crippen molar-refractivity contribution in [3.8, 4) is 0 Å². The van der Waals surface area contributed by atoms with E-state index in [1.807, 2.05) is 6.07 Å². The minimum Gasteiger partial charge on any atom is -0.391 e. The van der Waals surface area contributed by atoms with Crippen molar-refractivity contribution in [1.29, 1.82) is 0 Å². The zero-order chi connectivity index (χ0) is 15.1. The Hall–Kier alpha value is -2.67. The molecule has 1 amide bonds. The van der Waals surface area contributed by atoms with Gasteiger partial charge in [-0.15, -0.1) is 0 Å². The van der Waals surface area contributed by atoms with E-state index in [0.717, 1.165) is 5.52 Å². The third-order valence-electron chi connectivity index (χ3n) is 4.12. The quantitative estimate of drug-likeness (QED) is 0.743. The number of imidazole rings is 1. The Kier molecular flexibility index (Phi) is 2.93. The third kappa shape index (κ3) is 2.06. The van der Waals surface area contributed by atoms with E-state index in [-0.39, 0.29) is 18.0 Å². The van der Waals surface area contributed by atoms with Gasteiger partial charge in [0.2, 0.25) is 0 Å². The summed E-state index contributed by atoms with van der Waals surface area (Å²) in [6, 6.07) is 5.08. The number of aromatic nitrogens is 4. The number of nitrogens with zero attached hydrogens (tertiary/aromatic N) is 4. The Morgan fingerprint density at radius 3 is 3.09 bits per heavy atom. The number of carbonyl (C=O) groups is 1. The molecular weight excluding hydrogens is 282 g/mol. The molecule has 3 aromatic heterocycles. The topological polar surface area (TPSA) is 84.5 Å². The number of rotatable bonds is 3. The molecule has 0 bridgehead atoms. The predicted molar refractivity (Wildman–Crippen MR) is 78.3 cm³/mol. The molecule has 0 aliphatic heterocycles. The van der Waals surface area contributed by atoms with Gasteiger partial charge < -0.3 is 14.8 Å². The van der Waals surface area contributed by atoms with Crippen molar-refractivity contribution < 1.29 is 9.90 Å². The Bertz CT molecular complexity index is 810. The molecule has 3 atom stereocenters. The van der Waals surface area contributed by atoms with Crippen LogP contribution in [0.15, 0.2) is 49.3 Å². The highest BCUT2D eigenvalue weighted by molar-refractivity contribution is 5.94. The minimum absolute atomic E-state index is 0.124. The SMILES string of the molecule is O=C(N[C@H]1C[C@@H](O)[C@@H]1n1cccn1)c1ccc2cncn2c1. The van der Waals surface area contributed by atoms with Crippen LogP contribution in [0, 0.1) is 0 Å². The lowest BCUT2D eigenvalue weighted by atomic mass is 9.83. The fraction of sp³-hybridized carbons (Fsp3) is 0.267. The summed E-state index contributed by atoms with van der Waals surface area (Å²) < 4.78 is 3.49. The molecule has 1 aliphatic rings. The van der Waals surface area contributed by atoms with E-state index in [0.29, 0.717) is 12.0 Å². The van der Waals surface area contributed by atoms with Gasteiger partial charge in [0.15, 0.2) is 0 Å². The number of fused-ring (bicyclic) bond motifs is 1. The highest BCUT2D eigenvalue weighted by Crippen LogP contribution is 2.32. The molecule has 1 aliphatic carbocycles. The van der Waals surface area contributed by atoms with E-state index in [2.05, 4.69) is 15.4 Å². The minimum atomic E-state index is -0.485. The molecule has 112 valence electrons. The summed E-state index contributed by atoms with van der Waals surface area (Å²) in [6.45, 7) is 0. The maximum absolute atomic E-state index is 12.4. The molecule has 2 N–H and O–H groups in total. The van der Waals surface area contributed by atoms with Crippen LogP contribution in [0.1, 0.15) is 22.8 Å². The van der Waals surface area contributed by atoms with Crippen LogP contribution in [0.3, 0.4) is 0 Å². The average Bonchev–Trinajstić information content (AvgIpc) is 3.16. The summed E-state index contributed by atoms with van der Waals surface area (Å²) in [7, 11) is 0. The highest BCUT2D eigenvalue weighted by atomic mass is 16.3. The lowest BCUT2D eigenvalue weighted by Crippen LogP contribution is -2.56. The predicted octanol–water partition coefficient (Wildman–Crippen LogP) is 0.635. The van der Waals surface area contributed by atoms with Crippen molar-refractivity contribution in [1.82, 2.24) is 24.5 Å². The van der Waals surface area contributed by atoms with Crippen LogP contribution in [0.25, 0.3) is 5.52 Å². The number of pyridine rings is 1. The molecule has 1 fully saturated rings. The standard InChI is InChI=1S/C15H15N5O2/c21-13-6-12(14(13)20-5-1-4-17-20)18-15(22)10-2-3-11-7-16-9-19(11)8-10/h1-5,7-9,12-14,21H,6H2,(H,18,22)/t12-,13+,14+/m0/s1. The molecule has 0 spiro atoms. The summed E-state index contributed by atoms with van der Waals surface area (Å²) in [5.74, 6) is -0.162. The van der Waals surface area contributed by atoms with Crippen LogP contribution in [-0.2, 0) is 0 Å². The lowest BCUT2D eigenvalue weighted by Gasteiger charge is -2.41. The van der Waals surface area contributed by atoms with Crippen molar-refractivity contribution in [2.45, 2.75) is 24.6 Å². The van der Waals surface area contributed by atoms with Gasteiger partial charge in [0.25, 0.3) is 5.91 Å². The third-order valence-corrected chi connectivity index (χ3v) is 4.12. The first-order chi connectivity index (χ1) is 10.7. The fourth-order valence-corrected chi connectivity index (χ4v) is 2.88. The number of hydrogen-bond donors (Lipinski definition) is 2. The maximum Gasteiger partial charge on any atom is 0.253 e. The van der Waals surface area contributed by atoms with Crippen molar-refractivity contribution in [3.63, 3.8) is 0 Å². The van der Waals surface area contributed by atoms with Crippen LogP contribution >= 0.6 is 0 Å². The first-order valence-corrected chi connectivity index (χ1v) is 7.12. The molecule has 0 aromatic carbocycles. The van der Waals surface area contributed by atoms with Crippen LogP contribution in [0.5, 0.6) is 0 Å². The van der Waals surface area contributed by atoms with Gasteiger partial charge in [0.1, 0.15) is 0 Å². The van der Waals surface area contributed by atoms with Crippen molar-refractivity contribution in [3.05, 3.63) is 54.9 Å².